The van der Waals surface area contributed by atoms with Gasteiger partial charge in [0.2, 0.25) is 5.16 Å². The standard InChI is InChI=1S/C14H19N3OS/c1-10-4-6-11(7-5-10)12-15-13(17-16-12)19-9-8-14(2,3)18/h4-7,18H,8-9H2,1-3H3,(H,15,16,17). The molecule has 1 aromatic carbocycles. The minimum absolute atomic E-state index is 0.636. The highest BCUT2D eigenvalue weighted by molar-refractivity contribution is 7.99. The van der Waals surface area contributed by atoms with Crippen molar-refractivity contribution in [3.8, 4) is 11.4 Å². The van der Waals surface area contributed by atoms with Gasteiger partial charge in [0, 0.05) is 11.3 Å². The van der Waals surface area contributed by atoms with Crippen molar-refractivity contribution >= 4 is 11.8 Å². The summed E-state index contributed by atoms with van der Waals surface area (Å²) in [6.45, 7) is 5.68. The van der Waals surface area contributed by atoms with Gasteiger partial charge in [-0.2, -0.15) is 0 Å². The number of aryl methyl sites for hydroxylation is 1. The van der Waals surface area contributed by atoms with Crippen molar-refractivity contribution in [2.24, 2.45) is 0 Å². The van der Waals surface area contributed by atoms with Crippen LogP contribution in [0.15, 0.2) is 29.4 Å². The van der Waals surface area contributed by atoms with Crippen molar-refractivity contribution < 1.29 is 5.11 Å². The van der Waals surface area contributed by atoms with Gasteiger partial charge in [0.25, 0.3) is 0 Å². The number of thioether (sulfide) groups is 1. The second-order valence-electron chi connectivity index (χ2n) is 5.24. The zero-order chi connectivity index (χ0) is 13.9. The third-order valence-electron chi connectivity index (χ3n) is 2.73. The fraction of sp³-hybridized carbons (Fsp3) is 0.429. The maximum atomic E-state index is 9.64. The molecule has 5 heteroatoms. The van der Waals surface area contributed by atoms with E-state index in [1.807, 2.05) is 26.0 Å². The van der Waals surface area contributed by atoms with Crippen LogP contribution in [-0.2, 0) is 0 Å². The lowest BCUT2D eigenvalue weighted by atomic mass is 10.1. The molecular weight excluding hydrogens is 258 g/mol. The van der Waals surface area contributed by atoms with E-state index < -0.39 is 5.60 Å². The second kappa shape index (κ2) is 5.75. The smallest absolute Gasteiger partial charge is 0.208 e. The highest BCUT2D eigenvalue weighted by atomic mass is 32.2. The Hall–Kier alpha value is -1.33. The van der Waals surface area contributed by atoms with E-state index in [0.717, 1.165) is 22.3 Å². The lowest BCUT2D eigenvalue weighted by Crippen LogP contribution is -2.19. The molecule has 0 amide bonds. The van der Waals surface area contributed by atoms with Crippen LogP contribution < -0.4 is 0 Å². The molecule has 4 nitrogen and oxygen atoms in total. The van der Waals surface area contributed by atoms with Crippen LogP contribution in [0, 0.1) is 6.92 Å². The summed E-state index contributed by atoms with van der Waals surface area (Å²) in [7, 11) is 0. The van der Waals surface area contributed by atoms with Gasteiger partial charge >= 0.3 is 0 Å². The first-order valence-corrected chi connectivity index (χ1v) is 7.27. The third kappa shape index (κ3) is 4.36. The minimum Gasteiger partial charge on any atom is -0.390 e. The Morgan fingerprint density at radius 2 is 1.95 bits per heavy atom. The highest BCUT2D eigenvalue weighted by Gasteiger charge is 2.13. The molecule has 2 aromatic rings. The lowest BCUT2D eigenvalue weighted by Gasteiger charge is -2.15. The molecule has 1 aromatic heterocycles. The van der Waals surface area contributed by atoms with Crippen molar-refractivity contribution in [3.63, 3.8) is 0 Å². The topological polar surface area (TPSA) is 61.8 Å². The number of aromatic amines is 1. The lowest BCUT2D eigenvalue weighted by molar-refractivity contribution is 0.0777. The van der Waals surface area contributed by atoms with Gasteiger partial charge < -0.3 is 5.11 Å². The fourth-order valence-electron chi connectivity index (χ4n) is 1.54. The summed E-state index contributed by atoms with van der Waals surface area (Å²) in [5.41, 5.74) is 1.62. The molecule has 19 heavy (non-hydrogen) atoms. The van der Waals surface area contributed by atoms with Gasteiger partial charge in [0.05, 0.1) is 5.60 Å². The Bertz CT molecular complexity index is 528. The summed E-state index contributed by atoms with van der Waals surface area (Å²) in [6.07, 6.45) is 0.714. The number of nitrogens with zero attached hydrogens (tertiary/aromatic N) is 2. The number of hydrogen-bond donors (Lipinski definition) is 2. The summed E-state index contributed by atoms with van der Waals surface area (Å²) < 4.78 is 0. The van der Waals surface area contributed by atoms with Crippen LogP contribution in [-0.4, -0.2) is 31.6 Å². The van der Waals surface area contributed by atoms with Gasteiger partial charge in [-0.25, -0.2) is 4.98 Å². The van der Waals surface area contributed by atoms with Gasteiger partial charge in [0.1, 0.15) is 0 Å². The molecule has 0 aliphatic rings. The van der Waals surface area contributed by atoms with E-state index in [1.54, 1.807) is 11.8 Å². The average molecular weight is 277 g/mol. The zero-order valence-electron chi connectivity index (χ0n) is 11.5. The molecule has 0 aliphatic heterocycles. The molecule has 0 fully saturated rings. The predicted molar refractivity (Wildman–Crippen MR) is 78.2 cm³/mol. The largest absolute Gasteiger partial charge is 0.390 e. The number of benzene rings is 1. The molecule has 0 aliphatic carbocycles. The molecule has 0 unspecified atom stereocenters. The number of rotatable bonds is 5. The van der Waals surface area contributed by atoms with Crippen LogP contribution in [0.2, 0.25) is 0 Å². The van der Waals surface area contributed by atoms with E-state index in [4.69, 9.17) is 0 Å². The molecular formula is C14H19N3OS. The molecule has 0 spiro atoms. The summed E-state index contributed by atoms with van der Waals surface area (Å²) in [5.74, 6) is 1.58. The van der Waals surface area contributed by atoms with Crippen LogP contribution >= 0.6 is 11.8 Å². The van der Waals surface area contributed by atoms with Crippen LogP contribution in [0.25, 0.3) is 11.4 Å². The SMILES string of the molecule is Cc1ccc(-c2nc(SCCC(C)(C)O)n[nH]2)cc1. The minimum atomic E-state index is -0.636. The van der Waals surface area contributed by atoms with Crippen molar-refractivity contribution in [1.29, 1.82) is 0 Å². The molecule has 1 heterocycles. The molecule has 0 bridgehead atoms. The van der Waals surface area contributed by atoms with E-state index in [9.17, 15) is 5.11 Å². The van der Waals surface area contributed by atoms with E-state index in [-0.39, 0.29) is 0 Å². The van der Waals surface area contributed by atoms with Crippen molar-refractivity contribution in [1.82, 2.24) is 15.2 Å². The second-order valence-corrected chi connectivity index (χ2v) is 6.31. The highest BCUT2D eigenvalue weighted by Crippen LogP contribution is 2.21. The summed E-state index contributed by atoms with van der Waals surface area (Å²) in [5, 5.41) is 17.5. The van der Waals surface area contributed by atoms with E-state index >= 15 is 0 Å². The molecule has 0 radical (unpaired) electrons. The summed E-state index contributed by atoms with van der Waals surface area (Å²) >= 11 is 1.55. The maximum Gasteiger partial charge on any atom is 0.208 e. The quantitative estimate of drug-likeness (QED) is 0.825. The van der Waals surface area contributed by atoms with E-state index in [0.29, 0.717) is 6.42 Å². The summed E-state index contributed by atoms with van der Waals surface area (Å²) in [6, 6.07) is 8.17. The zero-order valence-corrected chi connectivity index (χ0v) is 12.3. The number of nitrogens with one attached hydrogen (secondary N) is 1. The first kappa shape index (κ1) is 14.1. The van der Waals surface area contributed by atoms with Gasteiger partial charge in [-0.3, -0.25) is 5.10 Å². The van der Waals surface area contributed by atoms with Crippen LogP contribution in [0.4, 0.5) is 0 Å². The molecule has 0 saturated carbocycles. The molecule has 2 N–H and O–H groups in total. The van der Waals surface area contributed by atoms with Crippen molar-refractivity contribution in [3.05, 3.63) is 29.8 Å². The Kier molecular flexibility index (Phi) is 4.27. The van der Waals surface area contributed by atoms with Gasteiger partial charge in [-0.15, -0.1) is 5.10 Å². The molecule has 0 atom stereocenters. The van der Waals surface area contributed by atoms with Gasteiger partial charge in [-0.05, 0) is 27.2 Å². The van der Waals surface area contributed by atoms with E-state index in [1.165, 1.54) is 5.56 Å². The summed E-state index contributed by atoms with van der Waals surface area (Å²) in [4.78, 5) is 4.44. The Morgan fingerprint density at radius 3 is 2.58 bits per heavy atom. The normalized spacial score (nSPS) is 11.8. The Labute approximate surface area is 117 Å². The third-order valence-corrected chi connectivity index (χ3v) is 3.58. The van der Waals surface area contributed by atoms with Crippen LogP contribution in [0.3, 0.4) is 0 Å². The Morgan fingerprint density at radius 1 is 1.26 bits per heavy atom. The van der Waals surface area contributed by atoms with Crippen molar-refractivity contribution in [2.75, 3.05) is 5.75 Å². The first-order chi connectivity index (χ1) is 8.94. The molecule has 2 rings (SSSR count). The molecule has 0 saturated heterocycles. The first-order valence-electron chi connectivity index (χ1n) is 6.29. The van der Waals surface area contributed by atoms with Crippen LogP contribution in [0.5, 0.6) is 0 Å². The fourth-order valence-corrected chi connectivity index (χ4v) is 2.59. The number of hydrogen-bond acceptors (Lipinski definition) is 4. The predicted octanol–water partition coefficient (Wildman–Crippen LogP) is 3.03. The monoisotopic (exact) mass is 277 g/mol. The number of H-pyrrole nitrogens is 1. The maximum absolute atomic E-state index is 9.64. The van der Waals surface area contributed by atoms with Crippen molar-refractivity contribution in [2.45, 2.75) is 37.9 Å². The number of aromatic nitrogens is 3. The molecule has 102 valence electrons. The number of aliphatic hydroxyl groups is 1. The van der Waals surface area contributed by atoms with Gasteiger partial charge in [0.15, 0.2) is 5.82 Å². The van der Waals surface area contributed by atoms with Crippen LogP contribution in [0.1, 0.15) is 25.8 Å². The van der Waals surface area contributed by atoms with E-state index in [2.05, 4.69) is 34.2 Å². The average Bonchev–Trinajstić information content (AvgIpc) is 2.77. The van der Waals surface area contributed by atoms with Gasteiger partial charge in [-0.1, -0.05) is 41.6 Å². The Balaban J connectivity index is 1.97.